The second-order valence-corrected chi connectivity index (χ2v) is 5.89. The minimum absolute atomic E-state index is 0.0633. The fraction of sp³-hybridized carbons (Fsp3) is 0.647. The summed E-state index contributed by atoms with van der Waals surface area (Å²) in [5, 5.41) is 6.32. The molecule has 0 aliphatic carbocycles. The molecule has 1 aliphatic heterocycles. The molecule has 7 nitrogen and oxygen atoms in total. The van der Waals surface area contributed by atoms with Crippen LogP contribution in [0.1, 0.15) is 20.8 Å². The number of anilines is 2. The van der Waals surface area contributed by atoms with Crippen molar-refractivity contribution in [2.45, 2.75) is 39.1 Å². The Hall–Kier alpha value is -1.54. The summed E-state index contributed by atoms with van der Waals surface area (Å²) >= 11 is 0. The normalized spacial score (nSPS) is 20.6. The van der Waals surface area contributed by atoms with E-state index < -0.39 is 12.2 Å². The maximum atomic E-state index is 5.82. The first-order chi connectivity index (χ1) is 11.5. The van der Waals surface area contributed by atoms with Gasteiger partial charge in [0.1, 0.15) is 18.5 Å². The van der Waals surface area contributed by atoms with Crippen LogP contribution in [0.4, 0.5) is 11.4 Å². The zero-order valence-corrected chi connectivity index (χ0v) is 15.0. The molecule has 2 rings (SSSR count). The average molecular weight is 340 g/mol. The quantitative estimate of drug-likeness (QED) is 0.670. The van der Waals surface area contributed by atoms with Crippen LogP contribution in [0, 0.1) is 0 Å². The maximum Gasteiger partial charge on any atom is 0.237 e. The summed E-state index contributed by atoms with van der Waals surface area (Å²) in [6.07, 6.45) is -0.563. The van der Waals surface area contributed by atoms with E-state index >= 15 is 0 Å². The molecule has 136 valence electrons. The Balaban J connectivity index is 1.95. The molecule has 0 aromatic heterocycles. The van der Waals surface area contributed by atoms with Gasteiger partial charge in [-0.2, -0.15) is 0 Å². The molecule has 7 heteroatoms. The molecule has 0 saturated carbocycles. The van der Waals surface area contributed by atoms with E-state index in [4.69, 9.17) is 23.7 Å². The van der Waals surface area contributed by atoms with E-state index in [0.717, 1.165) is 17.1 Å². The van der Waals surface area contributed by atoms with Gasteiger partial charge in [-0.05, 0) is 32.9 Å². The third kappa shape index (κ3) is 5.24. The Bertz CT molecular complexity index is 524. The lowest BCUT2D eigenvalue weighted by Gasteiger charge is -2.21. The predicted molar refractivity (Wildman–Crippen MR) is 92.4 cm³/mol. The molecule has 0 bridgehead atoms. The van der Waals surface area contributed by atoms with Crippen LogP contribution >= 0.6 is 0 Å². The van der Waals surface area contributed by atoms with Crippen LogP contribution in [-0.2, 0) is 18.9 Å². The van der Waals surface area contributed by atoms with Crippen LogP contribution in [-0.4, -0.2) is 52.3 Å². The van der Waals surface area contributed by atoms with Crippen molar-refractivity contribution in [2.24, 2.45) is 0 Å². The zero-order chi connectivity index (χ0) is 17.6. The molecule has 1 aliphatic rings. The highest BCUT2D eigenvalue weighted by molar-refractivity contribution is 5.70. The van der Waals surface area contributed by atoms with Gasteiger partial charge in [0.05, 0.1) is 18.0 Å². The standard InChI is InChI=1S/C17H28N2O5/c1-6-21-16(20-5)19-14-8-7-12(9-15(14)18-4)22-10-13-11-23-17(2,3)24-13/h7-9,13,16,18-19H,6,10-11H2,1-5H3. The molecular formula is C17H28N2O5. The Labute approximate surface area is 143 Å². The van der Waals surface area contributed by atoms with Crippen molar-refractivity contribution in [3.8, 4) is 5.75 Å². The third-order valence-electron chi connectivity index (χ3n) is 3.57. The summed E-state index contributed by atoms with van der Waals surface area (Å²) in [6.45, 7) is 7.25. The second-order valence-electron chi connectivity index (χ2n) is 5.89. The zero-order valence-electron chi connectivity index (χ0n) is 15.0. The first kappa shape index (κ1) is 18.8. The summed E-state index contributed by atoms with van der Waals surface area (Å²) in [7, 11) is 3.44. The van der Waals surface area contributed by atoms with Crippen LogP contribution in [0.15, 0.2) is 18.2 Å². The number of methoxy groups -OCH3 is 1. The summed E-state index contributed by atoms with van der Waals surface area (Å²) < 4.78 is 27.8. The van der Waals surface area contributed by atoms with Crippen molar-refractivity contribution in [3.05, 3.63) is 18.2 Å². The van der Waals surface area contributed by atoms with Gasteiger partial charge in [-0.1, -0.05) is 0 Å². The number of rotatable bonds is 9. The number of hydrogen-bond acceptors (Lipinski definition) is 7. The molecule has 0 radical (unpaired) electrons. The van der Waals surface area contributed by atoms with Gasteiger partial charge in [-0.3, -0.25) is 0 Å². The summed E-state index contributed by atoms with van der Waals surface area (Å²) in [6, 6.07) is 5.73. The highest BCUT2D eigenvalue weighted by atomic mass is 16.7. The summed E-state index contributed by atoms with van der Waals surface area (Å²) in [4.78, 5) is 0. The van der Waals surface area contributed by atoms with Crippen molar-refractivity contribution in [1.82, 2.24) is 0 Å². The van der Waals surface area contributed by atoms with E-state index in [-0.39, 0.29) is 6.10 Å². The minimum atomic E-state index is -0.535. The summed E-state index contributed by atoms with van der Waals surface area (Å²) in [5.74, 6) is 0.218. The van der Waals surface area contributed by atoms with Gasteiger partial charge in [-0.15, -0.1) is 0 Å². The fourth-order valence-electron chi connectivity index (χ4n) is 2.43. The molecule has 1 aromatic carbocycles. The number of nitrogens with one attached hydrogen (secondary N) is 2. The van der Waals surface area contributed by atoms with Crippen LogP contribution in [0.2, 0.25) is 0 Å². The Morgan fingerprint density at radius 1 is 1.33 bits per heavy atom. The lowest BCUT2D eigenvalue weighted by molar-refractivity contribution is -0.141. The molecule has 2 atom stereocenters. The van der Waals surface area contributed by atoms with Crippen LogP contribution in [0.3, 0.4) is 0 Å². The average Bonchev–Trinajstić information content (AvgIpc) is 2.92. The lowest BCUT2D eigenvalue weighted by atomic mass is 10.2. The highest BCUT2D eigenvalue weighted by Crippen LogP contribution is 2.28. The predicted octanol–water partition coefficient (Wildman–Crippen LogP) is 2.64. The number of hydrogen-bond donors (Lipinski definition) is 2. The van der Waals surface area contributed by atoms with Gasteiger partial charge in [0.25, 0.3) is 0 Å². The smallest absolute Gasteiger partial charge is 0.237 e. The first-order valence-electron chi connectivity index (χ1n) is 8.14. The van der Waals surface area contributed by atoms with Gasteiger partial charge in [-0.25, -0.2) is 0 Å². The van der Waals surface area contributed by atoms with E-state index in [1.807, 2.05) is 46.0 Å². The van der Waals surface area contributed by atoms with E-state index in [2.05, 4.69) is 10.6 Å². The van der Waals surface area contributed by atoms with E-state index in [0.29, 0.717) is 19.8 Å². The highest BCUT2D eigenvalue weighted by Gasteiger charge is 2.32. The number of ether oxygens (including phenoxy) is 5. The van der Waals surface area contributed by atoms with Gasteiger partial charge in [0, 0.05) is 26.8 Å². The first-order valence-corrected chi connectivity index (χ1v) is 8.14. The number of benzene rings is 1. The molecule has 0 amide bonds. The van der Waals surface area contributed by atoms with Crippen molar-refractivity contribution in [3.63, 3.8) is 0 Å². The van der Waals surface area contributed by atoms with Gasteiger partial charge in [0.15, 0.2) is 5.79 Å². The largest absolute Gasteiger partial charge is 0.491 e. The second kappa shape index (κ2) is 8.53. The maximum absolute atomic E-state index is 5.82. The Morgan fingerprint density at radius 3 is 2.71 bits per heavy atom. The van der Waals surface area contributed by atoms with Crippen molar-refractivity contribution in [2.75, 3.05) is 44.6 Å². The van der Waals surface area contributed by atoms with Crippen molar-refractivity contribution < 1.29 is 23.7 Å². The summed E-state index contributed by atoms with van der Waals surface area (Å²) in [5.41, 5.74) is 1.75. The van der Waals surface area contributed by atoms with Gasteiger partial charge >= 0.3 is 0 Å². The monoisotopic (exact) mass is 340 g/mol. The SMILES string of the molecule is CCOC(Nc1ccc(OCC2COC(C)(C)O2)cc1NC)OC. The molecular weight excluding hydrogens is 312 g/mol. The lowest BCUT2D eigenvalue weighted by Crippen LogP contribution is -2.26. The topological polar surface area (TPSA) is 70.2 Å². The van der Waals surface area contributed by atoms with E-state index in [1.54, 1.807) is 7.11 Å². The molecule has 1 heterocycles. The Morgan fingerprint density at radius 2 is 2.12 bits per heavy atom. The van der Waals surface area contributed by atoms with Crippen LogP contribution in [0.5, 0.6) is 5.75 Å². The minimum Gasteiger partial charge on any atom is -0.491 e. The molecule has 24 heavy (non-hydrogen) atoms. The van der Waals surface area contributed by atoms with E-state index in [9.17, 15) is 0 Å². The molecule has 2 unspecified atom stereocenters. The third-order valence-corrected chi connectivity index (χ3v) is 3.57. The molecule has 1 saturated heterocycles. The molecule has 2 N–H and O–H groups in total. The molecule has 1 aromatic rings. The van der Waals surface area contributed by atoms with E-state index in [1.165, 1.54) is 0 Å². The van der Waals surface area contributed by atoms with Crippen molar-refractivity contribution >= 4 is 11.4 Å². The van der Waals surface area contributed by atoms with Crippen LogP contribution < -0.4 is 15.4 Å². The molecule has 1 fully saturated rings. The Kier molecular flexibility index (Phi) is 6.68. The fourth-order valence-corrected chi connectivity index (χ4v) is 2.43. The van der Waals surface area contributed by atoms with Gasteiger partial charge < -0.3 is 34.3 Å². The van der Waals surface area contributed by atoms with Crippen molar-refractivity contribution in [1.29, 1.82) is 0 Å². The molecule has 0 spiro atoms. The van der Waals surface area contributed by atoms with Gasteiger partial charge in [0.2, 0.25) is 6.41 Å². The van der Waals surface area contributed by atoms with Crippen LogP contribution in [0.25, 0.3) is 0 Å².